The van der Waals surface area contributed by atoms with E-state index in [2.05, 4.69) is 6.92 Å². The number of unbranched alkanes of at least 4 members (excludes halogenated alkanes) is 11. The van der Waals surface area contributed by atoms with Crippen LogP contribution in [0.2, 0.25) is 0 Å². The lowest BCUT2D eigenvalue weighted by molar-refractivity contribution is -0.917. The Kier molecular flexibility index (Phi) is 17.0. The van der Waals surface area contributed by atoms with Gasteiger partial charge in [0.25, 0.3) is 0 Å². The third-order valence-corrected chi connectivity index (χ3v) is 9.52. The second-order valence-electron chi connectivity index (χ2n) is 15.7. The van der Waals surface area contributed by atoms with Crippen LogP contribution in [0.3, 0.4) is 0 Å². The fraction of sp³-hybridized carbons (Fsp3) is 0.795. The second-order valence-corrected chi connectivity index (χ2v) is 15.7. The topological polar surface area (TPSA) is 75.7 Å². The molecule has 2 rings (SSSR count). The summed E-state index contributed by atoms with van der Waals surface area (Å²) in [6.45, 7) is 18.8. The van der Waals surface area contributed by atoms with E-state index in [9.17, 15) is 14.7 Å². The first-order chi connectivity index (χ1) is 21.3. The van der Waals surface area contributed by atoms with Crippen LogP contribution in [-0.2, 0) is 36.3 Å². The lowest BCUT2D eigenvalue weighted by Crippen LogP contribution is -2.50. The van der Waals surface area contributed by atoms with Gasteiger partial charge in [0.05, 0.1) is 19.5 Å². The van der Waals surface area contributed by atoms with Gasteiger partial charge >= 0.3 is 11.9 Å². The molecule has 0 radical (unpaired) electrons. The number of hydrogen-bond acceptors (Lipinski definition) is 5. The summed E-state index contributed by atoms with van der Waals surface area (Å²) in [6.07, 6.45) is 18.3. The fourth-order valence-electron chi connectivity index (χ4n) is 6.58. The smallest absolute Gasteiger partial charge is 0.310 e. The van der Waals surface area contributed by atoms with Gasteiger partial charge in [0, 0.05) is 19.3 Å². The molecule has 1 saturated heterocycles. The van der Waals surface area contributed by atoms with Crippen molar-refractivity contribution in [3.8, 4) is 5.75 Å². The van der Waals surface area contributed by atoms with Gasteiger partial charge in [-0.05, 0) is 33.9 Å². The molecule has 45 heavy (non-hydrogen) atoms. The Labute approximate surface area is 276 Å². The molecule has 0 N–H and O–H groups in total. The molecule has 0 aliphatic carbocycles. The van der Waals surface area contributed by atoms with Crippen molar-refractivity contribution in [1.29, 1.82) is 0 Å². The van der Waals surface area contributed by atoms with E-state index in [-0.39, 0.29) is 34.9 Å². The average Bonchev–Trinajstić information content (AvgIpc) is 3.42. The Bertz CT molecular complexity index is 978. The molecule has 0 saturated carbocycles. The summed E-state index contributed by atoms with van der Waals surface area (Å²) in [5, 5.41) is 13.2. The summed E-state index contributed by atoms with van der Waals surface area (Å²) >= 11 is 0. The van der Waals surface area contributed by atoms with Crippen LogP contribution in [0.5, 0.6) is 5.75 Å². The van der Waals surface area contributed by atoms with Crippen molar-refractivity contribution >= 4 is 11.9 Å². The molecule has 258 valence electrons. The van der Waals surface area contributed by atoms with Crippen LogP contribution < -0.4 is 5.11 Å². The number of rotatable bonds is 21. The van der Waals surface area contributed by atoms with Crippen molar-refractivity contribution in [1.82, 2.24) is 0 Å². The zero-order valence-corrected chi connectivity index (χ0v) is 30.2. The van der Waals surface area contributed by atoms with Crippen LogP contribution in [0.4, 0.5) is 0 Å². The van der Waals surface area contributed by atoms with Gasteiger partial charge in [-0.25, -0.2) is 0 Å². The van der Waals surface area contributed by atoms with Gasteiger partial charge in [0.1, 0.15) is 26.3 Å². The minimum Gasteiger partial charge on any atom is -0.872 e. The summed E-state index contributed by atoms with van der Waals surface area (Å²) in [6, 6.07) is 3.78. The number of carbonyl (C=O) groups is 2. The summed E-state index contributed by atoms with van der Waals surface area (Å²) in [4.78, 5) is 25.2. The number of likely N-dealkylation sites (tertiary alicyclic amines) is 1. The molecule has 1 aromatic carbocycles. The van der Waals surface area contributed by atoms with E-state index < -0.39 is 0 Å². The SMILES string of the molecule is CCCCCCCCCCCCCCC(=O)OCC[N+]1(CCOC(=O)Cc2cc(C(C)(C)C)c([O-])c(C(C)(C)C)c2)CCCC1. The number of benzene rings is 1. The highest BCUT2D eigenvalue weighted by atomic mass is 16.5. The van der Waals surface area contributed by atoms with Crippen molar-refractivity contribution < 1.29 is 28.7 Å². The summed E-state index contributed by atoms with van der Waals surface area (Å²) in [7, 11) is 0. The Morgan fingerprint density at radius 3 is 1.56 bits per heavy atom. The predicted octanol–water partition coefficient (Wildman–Crippen LogP) is 8.69. The quantitative estimate of drug-likeness (QED) is 0.0773. The molecule has 1 fully saturated rings. The normalized spacial score (nSPS) is 14.9. The van der Waals surface area contributed by atoms with Crippen LogP contribution in [0.1, 0.15) is 161 Å². The van der Waals surface area contributed by atoms with Crippen molar-refractivity contribution in [3.63, 3.8) is 0 Å². The zero-order valence-electron chi connectivity index (χ0n) is 30.2. The van der Waals surface area contributed by atoms with Crippen LogP contribution in [0.15, 0.2) is 12.1 Å². The zero-order chi connectivity index (χ0) is 33.3. The number of ether oxygens (including phenoxy) is 2. The standard InChI is InChI=1S/C39H67NO5/c1-8-9-10-11-12-13-14-15-16-17-18-19-22-35(41)44-27-25-40(23-20-21-24-40)26-28-45-36(42)31-32-29-33(38(2,3)4)37(43)34(30-32)39(5,6)7/h29-30H,8-28,31H2,1-7H3. The molecule has 6 nitrogen and oxygen atoms in total. The maximum atomic E-state index is 13.2. The highest BCUT2D eigenvalue weighted by molar-refractivity contribution is 5.73. The summed E-state index contributed by atoms with van der Waals surface area (Å²) in [5.41, 5.74) is 1.71. The molecule has 1 aliphatic rings. The summed E-state index contributed by atoms with van der Waals surface area (Å²) < 4.78 is 12.2. The van der Waals surface area contributed by atoms with Gasteiger partial charge in [0.15, 0.2) is 0 Å². The van der Waals surface area contributed by atoms with Crippen molar-refractivity contribution in [2.24, 2.45) is 0 Å². The van der Waals surface area contributed by atoms with Gasteiger partial charge in [0.2, 0.25) is 0 Å². The van der Waals surface area contributed by atoms with E-state index >= 15 is 0 Å². The first-order valence-electron chi connectivity index (χ1n) is 18.3. The van der Waals surface area contributed by atoms with Crippen LogP contribution >= 0.6 is 0 Å². The monoisotopic (exact) mass is 630 g/mol. The highest BCUT2D eigenvalue weighted by Crippen LogP contribution is 2.38. The number of hydrogen-bond donors (Lipinski definition) is 0. The van der Waals surface area contributed by atoms with Crippen molar-refractivity contribution in [2.45, 2.75) is 162 Å². The molecular weight excluding hydrogens is 562 g/mol. The lowest BCUT2D eigenvalue weighted by atomic mass is 9.78. The second kappa shape index (κ2) is 19.6. The minimum atomic E-state index is -0.306. The number of esters is 2. The number of carbonyl (C=O) groups excluding carboxylic acids is 2. The molecule has 0 unspecified atom stereocenters. The first-order valence-corrected chi connectivity index (χ1v) is 18.3. The van der Waals surface area contributed by atoms with Crippen LogP contribution in [0.25, 0.3) is 0 Å². The molecule has 1 heterocycles. The molecule has 1 aliphatic heterocycles. The number of nitrogens with zero attached hydrogens (tertiary/aromatic N) is 1. The average molecular weight is 630 g/mol. The van der Waals surface area contributed by atoms with Crippen LogP contribution in [0, 0.1) is 0 Å². The largest absolute Gasteiger partial charge is 0.872 e. The van der Waals surface area contributed by atoms with E-state index in [1.807, 2.05) is 53.7 Å². The minimum absolute atomic E-state index is 0.0716. The Morgan fingerprint density at radius 1 is 0.689 bits per heavy atom. The maximum absolute atomic E-state index is 13.2. The summed E-state index contributed by atoms with van der Waals surface area (Å²) in [5.74, 6) is -0.277. The van der Waals surface area contributed by atoms with E-state index in [1.165, 1.54) is 64.2 Å². The third kappa shape index (κ3) is 14.9. The van der Waals surface area contributed by atoms with Gasteiger partial charge < -0.3 is 19.1 Å². The van der Waals surface area contributed by atoms with Crippen molar-refractivity contribution in [2.75, 3.05) is 39.4 Å². The third-order valence-electron chi connectivity index (χ3n) is 9.52. The molecule has 0 spiro atoms. The number of quaternary nitrogens is 1. The van der Waals surface area contributed by atoms with Crippen molar-refractivity contribution in [3.05, 3.63) is 28.8 Å². The Morgan fingerprint density at radius 2 is 1.11 bits per heavy atom. The van der Waals surface area contributed by atoms with E-state index in [4.69, 9.17) is 9.47 Å². The molecular formula is C39H67NO5. The van der Waals surface area contributed by atoms with Gasteiger partial charge in [-0.1, -0.05) is 131 Å². The van der Waals surface area contributed by atoms with Gasteiger partial charge in [-0.3, -0.25) is 9.59 Å². The molecule has 1 aromatic rings. The fourth-order valence-corrected chi connectivity index (χ4v) is 6.58. The van der Waals surface area contributed by atoms with Crippen LogP contribution in [-0.4, -0.2) is 55.8 Å². The van der Waals surface area contributed by atoms with E-state index in [0.717, 1.165) is 73.0 Å². The van der Waals surface area contributed by atoms with Gasteiger partial charge in [-0.2, -0.15) is 0 Å². The Balaban J connectivity index is 1.69. The molecule has 0 atom stereocenters. The molecule has 0 bridgehead atoms. The first kappa shape index (κ1) is 39.1. The molecule has 0 aromatic heterocycles. The van der Waals surface area contributed by atoms with Gasteiger partial charge in [-0.15, -0.1) is 5.75 Å². The molecule has 6 heteroatoms. The van der Waals surface area contributed by atoms with E-state index in [0.29, 0.717) is 19.6 Å². The predicted molar refractivity (Wildman–Crippen MR) is 184 cm³/mol. The maximum Gasteiger partial charge on any atom is 0.310 e. The Hall–Kier alpha value is -2.08. The van der Waals surface area contributed by atoms with E-state index in [1.54, 1.807) is 0 Å². The molecule has 0 amide bonds. The lowest BCUT2D eigenvalue weighted by Gasteiger charge is -2.34. The highest BCUT2D eigenvalue weighted by Gasteiger charge is 2.32.